The SMILES string of the molecule is CC(=O)Nc1cccc(NC(=O)CSc2ncnc3c2nnn3Cc2ccccc2)c1. The fraction of sp³-hybridized carbons (Fsp3) is 0.143. The zero-order valence-electron chi connectivity index (χ0n) is 16.6. The minimum absolute atomic E-state index is 0.141. The van der Waals surface area contributed by atoms with Crippen molar-refractivity contribution in [2.24, 2.45) is 0 Å². The number of rotatable bonds is 7. The van der Waals surface area contributed by atoms with Crippen molar-refractivity contribution in [3.05, 3.63) is 66.5 Å². The molecule has 0 saturated heterocycles. The molecule has 0 saturated carbocycles. The number of benzene rings is 2. The molecule has 0 spiro atoms. The molecule has 2 aromatic carbocycles. The standard InChI is InChI=1S/C21H19N7O2S/c1-14(29)24-16-8-5-9-17(10-16)25-18(30)12-31-21-19-20(22-13-23-21)28(27-26-19)11-15-6-3-2-4-7-15/h2-10,13H,11-12H2,1H3,(H,24,29)(H,25,30). The first-order valence-corrected chi connectivity index (χ1v) is 10.5. The van der Waals surface area contributed by atoms with Crippen LogP contribution in [0.4, 0.5) is 11.4 Å². The van der Waals surface area contributed by atoms with Crippen molar-refractivity contribution in [2.75, 3.05) is 16.4 Å². The Morgan fingerprint density at radius 1 is 1.00 bits per heavy atom. The monoisotopic (exact) mass is 433 g/mol. The molecule has 0 radical (unpaired) electrons. The van der Waals surface area contributed by atoms with Crippen molar-refractivity contribution in [2.45, 2.75) is 18.5 Å². The number of amides is 2. The number of carbonyl (C=O) groups is 2. The third-order valence-corrected chi connectivity index (χ3v) is 5.23. The summed E-state index contributed by atoms with van der Waals surface area (Å²) in [4.78, 5) is 32.2. The van der Waals surface area contributed by atoms with E-state index in [1.54, 1.807) is 28.9 Å². The molecule has 2 amide bonds. The Hall–Kier alpha value is -3.79. The Labute approximate surface area is 182 Å². The van der Waals surface area contributed by atoms with Crippen molar-refractivity contribution < 1.29 is 9.59 Å². The van der Waals surface area contributed by atoms with Gasteiger partial charge in [0.25, 0.3) is 0 Å². The molecule has 2 aromatic heterocycles. The fourth-order valence-electron chi connectivity index (χ4n) is 2.95. The van der Waals surface area contributed by atoms with Crippen LogP contribution in [0.15, 0.2) is 66.0 Å². The maximum absolute atomic E-state index is 12.4. The molecule has 4 rings (SSSR count). The molecule has 10 heteroatoms. The van der Waals surface area contributed by atoms with Gasteiger partial charge in [0.2, 0.25) is 11.8 Å². The van der Waals surface area contributed by atoms with Gasteiger partial charge in [0.05, 0.1) is 12.3 Å². The molecule has 0 bridgehead atoms. The Bertz CT molecular complexity index is 1230. The van der Waals surface area contributed by atoms with Gasteiger partial charge in [0, 0.05) is 18.3 Å². The lowest BCUT2D eigenvalue weighted by molar-refractivity contribution is -0.114. The van der Waals surface area contributed by atoms with E-state index in [0.717, 1.165) is 5.56 Å². The van der Waals surface area contributed by atoms with Gasteiger partial charge in [-0.2, -0.15) is 0 Å². The van der Waals surface area contributed by atoms with Crippen LogP contribution in [0.1, 0.15) is 12.5 Å². The van der Waals surface area contributed by atoms with Crippen molar-refractivity contribution in [1.29, 1.82) is 0 Å². The van der Waals surface area contributed by atoms with Crippen LogP contribution in [0, 0.1) is 0 Å². The number of aromatic nitrogens is 5. The van der Waals surface area contributed by atoms with Crippen LogP contribution in [-0.2, 0) is 16.1 Å². The number of nitrogens with zero attached hydrogens (tertiary/aromatic N) is 5. The topological polar surface area (TPSA) is 115 Å². The molecule has 31 heavy (non-hydrogen) atoms. The number of fused-ring (bicyclic) bond motifs is 1. The van der Waals surface area contributed by atoms with Crippen LogP contribution in [0.25, 0.3) is 11.2 Å². The molecular weight excluding hydrogens is 414 g/mol. The van der Waals surface area contributed by atoms with E-state index >= 15 is 0 Å². The van der Waals surface area contributed by atoms with Crippen molar-refractivity contribution >= 4 is 46.1 Å². The Balaban J connectivity index is 1.42. The van der Waals surface area contributed by atoms with E-state index in [-0.39, 0.29) is 17.6 Å². The van der Waals surface area contributed by atoms with Crippen molar-refractivity contribution in [3.8, 4) is 0 Å². The predicted octanol–water partition coefficient (Wildman–Crippen LogP) is 2.96. The van der Waals surface area contributed by atoms with Crippen LogP contribution >= 0.6 is 11.8 Å². The number of hydrogen-bond acceptors (Lipinski definition) is 7. The average Bonchev–Trinajstić information content (AvgIpc) is 3.16. The summed E-state index contributed by atoms with van der Waals surface area (Å²) in [6.07, 6.45) is 1.45. The van der Waals surface area contributed by atoms with Gasteiger partial charge in [-0.05, 0) is 23.8 Å². The first-order chi connectivity index (χ1) is 15.1. The van der Waals surface area contributed by atoms with E-state index in [9.17, 15) is 9.59 Å². The first-order valence-electron chi connectivity index (χ1n) is 9.47. The lowest BCUT2D eigenvalue weighted by atomic mass is 10.2. The van der Waals surface area contributed by atoms with Gasteiger partial charge >= 0.3 is 0 Å². The third-order valence-electron chi connectivity index (χ3n) is 4.25. The second kappa shape index (κ2) is 9.35. The lowest BCUT2D eigenvalue weighted by Crippen LogP contribution is -2.14. The number of hydrogen-bond donors (Lipinski definition) is 2. The van der Waals surface area contributed by atoms with Gasteiger partial charge < -0.3 is 10.6 Å². The molecule has 0 unspecified atom stereocenters. The van der Waals surface area contributed by atoms with E-state index in [4.69, 9.17) is 0 Å². The van der Waals surface area contributed by atoms with Gasteiger partial charge in [-0.15, -0.1) is 5.10 Å². The summed E-state index contributed by atoms with van der Waals surface area (Å²) < 4.78 is 1.71. The summed E-state index contributed by atoms with van der Waals surface area (Å²) in [7, 11) is 0. The Morgan fingerprint density at radius 2 is 1.77 bits per heavy atom. The molecule has 2 heterocycles. The first kappa shape index (κ1) is 20.5. The summed E-state index contributed by atoms with van der Waals surface area (Å²) >= 11 is 1.26. The molecule has 0 aliphatic heterocycles. The van der Waals surface area contributed by atoms with Crippen molar-refractivity contribution in [1.82, 2.24) is 25.0 Å². The third kappa shape index (κ3) is 5.23. The largest absolute Gasteiger partial charge is 0.326 e. The van der Waals surface area contributed by atoms with Crippen LogP contribution in [0.3, 0.4) is 0 Å². The smallest absolute Gasteiger partial charge is 0.234 e. The molecule has 0 aliphatic carbocycles. The minimum Gasteiger partial charge on any atom is -0.326 e. The summed E-state index contributed by atoms with van der Waals surface area (Å²) in [5, 5.41) is 14.5. The molecule has 0 atom stereocenters. The van der Waals surface area contributed by atoms with Crippen molar-refractivity contribution in [3.63, 3.8) is 0 Å². The van der Waals surface area contributed by atoms with Crippen LogP contribution in [0.2, 0.25) is 0 Å². The predicted molar refractivity (Wildman–Crippen MR) is 119 cm³/mol. The van der Waals surface area contributed by atoms with E-state index in [0.29, 0.717) is 34.1 Å². The van der Waals surface area contributed by atoms with Crippen LogP contribution < -0.4 is 10.6 Å². The molecule has 2 N–H and O–H groups in total. The molecular formula is C21H19N7O2S. The van der Waals surface area contributed by atoms with Gasteiger partial charge in [-0.25, -0.2) is 14.6 Å². The van der Waals surface area contributed by atoms with E-state index in [1.807, 2.05) is 30.3 Å². The second-order valence-corrected chi connectivity index (χ2v) is 7.65. The van der Waals surface area contributed by atoms with E-state index in [2.05, 4.69) is 30.9 Å². The highest BCUT2D eigenvalue weighted by Crippen LogP contribution is 2.23. The van der Waals surface area contributed by atoms with Crippen LogP contribution in [-0.4, -0.2) is 42.5 Å². The highest BCUT2D eigenvalue weighted by Gasteiger charge is 2.14. The maximum Gasteiger partial charge on any atom is 0.234 e. The summed E-state index contributed by atoms with van der Waals surface area (Å²) in [5.74, 6) is -0.234. The second-order valence-electron chi connectivity index (χ2n) is 6.68. The summed E-state index contributed by atoms with van der Waals surface area (Å²) in [6, 6.07) is 16.9. The zero-order chi connectivity index (χ0) is 21.6. The molecule has 9 nitrogen and oxygen atoms in total. The van der Waals surface area contributed by atoms with E-state index < -0.39 is 0 Å². The van der Waals surface area contributed by atoms with Gasteiger partial charge in [-0.1, -0.05) is 53.4 Å². The highest BCUT2D eigenvalue weighted by molar-refractivity contribution is 8.00. The lowest BCUT2D eigenvalue weighted by Gasteiger charge is -2.08. The van der Waals surface area contributed by atoms with Crippen LogP contribution in [0.5, 0.6) is 0 Å². The average molecular weight is 433 g/mol. The number of thioether (sulfide) groups is 1. The quantitative estimate of drug-likeness (QED) is 0.340. The molecule has 0 aliphatic rings. The minimum atomic E-state index is -0.201. The number of carbonyl (C=O) groups excluding carboxylic acids is 2. The summed E-state index contributed by atoms with van der Waals surface area (Å²) in [5.41, 5.74) is 3.47. The molecule has 156 valence electrons. The van der Waals surface area contributed by atoms with E-state index in [1.165, 1.54) is 25.0 Å². The zero-order valence-corrected chi connectivity index (χ0v) is 17.5. The normalized spacial score (nSPS) is 10.7. The highest BCUT2D eigenvalue weighted by atomic mass is 32.2. The van der Waals surface area contributed by atoms with Gasteiger partial charge in [0.1, 0.15) is 11.4 Å². The Kier molecular flexibility index (Phi) is 6.18. The number of nitrogens with one attached hydrogen (secondary N) is 2. The van der Waals surface area contributed by atoms with Gasteiger partial charge in [-0.3, -0.25) is 9.59 Å². The van der Waals surface area contributed by atoms with Gasteiger partial charge in [0.15, 0.2) is 11.2 Å². The fourth-order valence-corrected chi connectivity index (χ4v) is 3.68. The summed E-state index contributed by atoms with van der Waals surface area (Å²) in [6.45, 7) is 1.98. The number of anilines is 2. The molecule has 4 aromatic rings. The molecule has 0 fully saturated rings. The Morgan fingerprint density at radius 3 is 2.55 bits per heavy atom. The maximum atomic E-state index is 12.4.